The van der Waals surface area contributed by atoms with Crippen molar-refractivity contribution >= 4 is 11.9 Å². The van der Waals surface area contributed by atoms with Crippen LogP contribution < -0.4 is 0 Å². The van der Waals surface area contributed by atoms with Gasteiger partial charge in [-0.2, -0.15) is 0 Å². The van der Waals surface area contributed by atoms with E-state index in [1.54, 1.807) is 0 Å². The zero-order chi connectivity index (χ0) is 15.7. The molecular formula is C15H17F2NO3. The van der Waals surface area contributed by atoms with Crippen molar-refractivity contribution in [3.63, 3.8) is 0 Å². The number of likely N-dealkylation sites (tertiary alicyclic amines) is 1. The molecule has 1 aromatic rings. The number of carbonyl (C=O) groups is 2. The van der Waals surface area contributed by atoms with Crippen molar-refractivity contribution in [3.8, 4) is 0 Å². The van der Waals surface area contributed by atoms with Crippen LogP contribution in [0.5, 0.6) is 0 Å². The lowest BCUT2D eigenvalue weighted by molar-refractivity contribution is 0.0560. The molecule has 2 unspecified atom stereocenters. The lowest BCUT2D eigenvalue weighted by atomic mass is 9.93. The number of rotatable bonds is 2. The third-order valence-electron chi connectivity index (χ3n) is 3.90. The van der Waals surface area contributed by atoms with Gasteiger partial charge in [0.15, 0.2) is 11.6 Å². The molecule has 1 amide bonds. The number of halogens is 2. The molecule has 1 saturated heterocycles. The standard InChI is InChI=1S/C15H17F2NO3/c1-8-3-4-9(2)18(7-8)14(19)10-5-12(16)13(17)6-11(10)15(20)21/h5-6,8-9H,3-4,7H2,1-2H3,(H,20,21). The molecule has 0 bridgehead atoms. The van der Waals surface area contributed by atoms with Crippen LogP contribution in [-0.2, 0) is 0 Å². The van der Waals surface area contributed by atoms with Gasteiger partial charge in [0.25, 0.3) is 5.91 Å². The van der Waals surface area contributed by atoms with Crippen molar-refractivity contribution in [2.75, 3.05) is 6.54 Å². The second-order valence-corrected chi connectivity index (χ2v) is 5.61. The molecule has 1 aliphatic rings. The van der Waals surface area contributed by atoms with Crippen LogP contribution in [0.25, 0.3) is 0 Å². The van der Waals surface area contributed by atoms with Gasteiger partial charge in [0.2, 0.25) is 0 Å². The molecule has 1 aromatic carbocycles. The van der Waals surface area contributed by atoms with E-state index in [0.717, 1.165) is 12.8 Å². The number of carboxylic acid groups (broad SMARTS) is 1. The Bertz CT molecular complexity index is 589. The van der Waals surface area contributed by atoms with E-state index < -0.39 is 29.1 Å². The van der Waals surface area contributed by atoms with Crippen molar-refractivity contribution in [1.29, 1.82) is 0 Å². The number of piperidine rings is 1. The maximum atomic E-state index is 13.4. The lowest BCUT2D eigenvalue weighted by Crippen LogP contribution is -2.45. The fourth-order valence-electron chi connectivity index (χ4n) is 2.63. The number of aromatic carboxylic acids is 1. The predicted octanol–water partition coefficient (Wildman–Crippen LogP) is 2.92. The van der Waals surface area contributed by atoms with Crippen LogP contribution in [0.3, 0.4) is 0 Å². The summed E-state index contributed by atoms with van der Waals surface area (Å²) in [4.78, 5) is 25.2. The van der Waals surface area contributed by atoms with Crippen LogP contribution in [0.2, 0.25) is 0 Å². The van der Waals surface area contributed by atoms with Gasteiger partial charge in [0, 0.05) is 12.6 Å². The van der Waals surface area contributed by atoms with Gasteiger partial charge < -0.3 is 10.0 Å². The number of amides is 1. The van der Waals surface area contributed by atoms with Gasteiger partial charge in [-0.1, -0.05) is 6.92 Å². The molecular weight excluding hydrogens is 280 g/mol. The van der Waals surface area contributed by atoms with Crippen molar-refractivity contribution in [1.82, 2.24) is 4.90 Å². The summed E-state index contributed by atoms with van der Waals surface area (Å²) in [5.74, 6) is -4.21. The van der Waals surface area contributed by atoms with Crippen LogP contribution in [0.1, 0.15) is 47.4 Å². The van der Waals surface area contributed by atoms with Crippen LogP contribution in [0.15, 0.2) is 12.1 Å². The average Bonchev–Trinajstić information content (AvgIpc) is 2.43. The molecule has 1 heterocycles. The summed E-state index contributed by atoms with van der Waals surface area (Å²) < 4.78 is 26.6. The minimum Gasteiger partial charge on any atom is -0.478 e. The maximum Gasteiger partial charge on any atom is 0.336 e. The molecule has 0 aromatic heterocycles. The summed E-state index contributed by atoms with van der Waals surface area (Å²) in [6, 6.07) is 1.18. The molecule has 21 heavy (non-hydrogen) atoms. The second kappa shape index (κ2) is 5.79. The lowest BCUT2D eigenvalue weighted by Gasteiger charge is -2.37. The van der Waals surface area contributed by atoms with Crippen molar-refractivity contribution in [3.05, 3.63) is 34.9 Å². The van der Waals surface area contributed by atoms with Crippen LogP contribution in [0.4, 0.5) is 8.78 Å². The molecule has 2 rings (SSSR count). The van der Waals surface area contributed by atoms with Gasteiger partial charge in [0.05, 0.1) is 11.1 Å². The molecule has 1 fully saturated rings. The molecule has 6 heteroatoms. The third kappa shape index (κ3) is 3.04. The minimum absolute atomic E-state index is 0.0524. The minimum atomic E-state index is -1.45. The number of hydrogen-bond acceptors (Lipinski definition) is 2. The Hall–Kier alpha value is -1.98. The first-order valence-corrected chi connectivity index (χ1v) is 6.84. The van der Waals surface area contributed by atoms with E-state index in [1.807, 2.05) is 13.8 Å². The van der Waals surface area contributed by atoms with E-state index in [1.165, 1.54) is 4.90 Å². The molecule has 0 aliphatic carbocycles. The van der Waals surface area contributed by atoms with Crippen LogP contribution >= 0.6 is 0 Å². The maximum absolute atomic E-state index is 13.4. The Morgan fingerprint density at radius 3 is 2.29 bits per heavy atom. The zero-order valence-corrected chi connectivity index (χ0v) is 11.9. The van der Waals surface area contributed by atoms with E-state index in [4.69, 9.17) is 5.11 Å². The Labute approximate surface area is 121 Å². The Morgan fingerprint density at radius 1 is 1.14 bits per heavy atom. The van der Waals surface area contributed by atoms with E-state index in [0.29, 0.717) is 24.6 Å². The number of nitrogens with zero attached hydrogens (tertiary/aromatic N) is 1. The Balaban J connectivity index is 2.42. The van der Waals surface area contributed by atoms with Crippen molar-refractivity contribution in [2.45, 2.75) is 32.7 Å². The summed E-state index contributed by atoms with van der Waals surface area (Å²) in [6.07, 6.45) is 1.79. The molecule has 0 saturated carbocycles. The van der Waals surface area contributed by atoms with Crippen molar-refractivity contribution < 1.29 is 23.5 Å². The number of hydrogen-bond donors (Lipinski definition) is 1. The number of carboxylic acids is 1. The molecule has 2 atom stereocenters. The fourth-order valence-corrected chi connectivity index (χ4v) is 2.63. The van der Waals surface area contributed by atoms with E-state index in [9.17, 15) is 18.4 Å². The third-order valence-corrected chi connectivity index (χ3v) is 3.90. The van der Waals surface area contributed by atoms with Gasteiger partial charge in [-0.25, -0.2) is 13.6 Å². The summed E-state index contributed by atoms with van der Waals surface area (Å²) in [7, 11) is 0. The highest BCUT2D eigenvalue weighted by Crippen LogP contribution is 2.25. The quantitative estimate of drug-likeness (QED) is 0.913. The molecule has 0 spiro atoms. The molecule has 4 nitrogen and oxygen atoms in total. The van der Waals surface area contributed by atoms with Gasteiger partial charge in [-0.15, -0.1) is 0 Å². The van der Waals surface area contributed by atoms with E-state index >= 15 is 0 Å². The summed E-state index contributed by atoms with van der Waals surface area (Å²) >= 11 is 0. The van der Waals surface area contributed by atoms with Gasteiger partial charge in [-0.3, -0.25) is 4.79 Å². The predicted molar refractivity (Wildman–Crippen MR) is 72.2 cm³/mol. The number of benzene rings is 1. The summed E-state index contributed by atoms with van der Waals surface area (Å²) in [6.45, 7) is 4.34. The normalized spacial score (nSPS) is 22.2. The van der Waals surface area contributed by atoms with Crippen LogP contribution in [0, 0.1) is 17.6 Å². The first kappa shape index (κ1) is 15.4. The second-order valence-electron chi connectivity index (χ2n) is 5.61. The smallest absolute Gasteiger partial charge is 0.336 e. The van der Waals surface area contributed by atoms with Gasteiger partial charge in [0.1, 0.15) is 0 Å². The highest BCUT2D eigenvalue weighted by molar-refractivity contribution is 6.05. The summed E-state index contributed by atoms with van der Waals surface area (Å²) in [5.41, 5.74) is -0.813. The monoisotopic (exact) mass is 297 g/mol. The molecule has 1 N–H and O–H groups in total. The van der Waals surface area contributed by atoms with Crippen molar-refractivity contribution in [2.24, 2.45) is 5.92 Å². The van der Waals surface area contributed by atoms with Crippen LogP contribution in [-0.4, -0.2) is 34.5 Å². The topological polar surface area (TPSA) is 57.6 Å². The van der Waals surface area contributed by atoms with E-state index in [-0.39, 0.29) is 11.6 Å². The highest BCUT2D eigenvalue weighted by Gasteiger charge is 2.30. The Kier molecular flexibility index (Phi) is 4.25. The molecule has 114 valence electrons. The summed E-state index contributed by atoms with van der Waals surface area (Å²) in [5, 5.41) is 9.09. The van der Waals surface area contributed by atoms with E-state index in [2.05, 4.69) is 0 Å². The van der Waals surface area contributed by atoms with Gasteiger partial charge >= 0.3 is 5.97 Å². The average molecular weight is 297 g/mol. The largest absolute Gasteiger partial charge is 0.478 e. The number of carbonyl (C=O) groups excluding carboxylic acids is 1. The fraction of sp³-hybridized carbons (Fsp3) is 0.467. The Morgan fingerprint density at radius 2 is 1.71 bits per heavy atom. The first-order chi connectivity index (χ1) is 9.81. The SMILES string of the molecule is CC1CCC(C)N(C(=O)c2cc(F)c(F)cc2C(=O)O)C1. The van der Waals surface area contributed by atoms with Gasteiger partial charge in [-0.05, 0) is 37.8 Å². The molecule has 1 aliphatic heterocycles. The molecule has 0 radical (unpaired) electrons. The highest BCUT2D eigenvalue weighted by atomic mass is 19.2. The zero-order valence-electron chi connectivity index (χ0n) is 11.9. The first-order valence-electron chi connectivity index (χ1n) is 6.84.